The summed E-state index contributed by atoms with van der Waals surface area (Å²) >= 11 is 0. The van der Waals surface area contributed by atoms with Crippen molar-refractivity contribution in [2.45, 2.75) is 25.8 Å². The maximum Gasteiger partial charge on any atom is 0.220 e. The Morgan fingerprint density at radius 1 is 1.39 bits per heavy atom. The van der Waals surface area contributed by atoms with Gasteiger partial charge in [0.25, 0.3) is 0 Å². The van der Waals surface area contributed by atoms with Crippen LogP contribution in [-0.2, 0) is 11.3 Å². The number of rotatable bonds is 4. The molecule has 1 aromatic heterocycles. The quantitative estimate of drug-likeness (QED) is 0.783. The van der Waals surface area contributed by atoms with Gasteiger partial charge in [-0.25, -0.2) is 4.98 Å². The number of nitrogens with one attached hydrogen (secondary N) is 3. The highest BCUT2D eigenvalue weighted by Gasteiger charge is 2.16. The van der Waals surface area contributed by atoms with Crippen LogP contribution in [0.1, 0.15) is 25.1 Å². The number of hydrogen-bond donors (Lipinski definition) is 3. The molecule has 0 aliphatic carbocycles. The van der Waals surface area contributed by atoms with Crippen molar-refractivity contribution >= 4 is 30.7 Å². The Kier molecular flexibility index (Phi) is 8.79. The molecule has 0 bridgehead atoms. The van der Waals surface area contributed by atoms with Crippen LogP contribution >= 0.6 is 24.8 Å². The summed E-state index contributed by atoms with van der Waals surface area (Å²) in [6.07, 6.45) is 6.30. The van der Waals surface area contributed by atoms with Crippen LogP contribution in [0.2, 0.25) is 0 Å². The standard InChI is InChI=1S/C11H18N4O.2ClH/c16-11(7-9-1-3-12-4-2-9)15-8-10-13-5-6-14-10;;/h5-6,9,12H,1-4,7-8H2,(H,13,14)(H,15,16);2*1H. The lowest BCUT2D eigenvalue weighted by Gasteiger charge is -2.21. The van der Waals surface area contributed by atoms with E-state index in [1.54, 1.807) is 12.4 Å². The summed E-state index contributed by atoms with van der Waals surface area (Å²) in [5.41, 5.74) is 0. The number of amides is 1. The van der Waals surface area contributed by atoms with E-state index in [1.807, 2.05) is 0 Å². The Labute approximate surface area is 119 Å². The van der Waals surface area contributed by atoms with Crippen LogP contribution in [0.25, 0.3) is 0 Å². The Hall–Kier alpha value is -0.780. The number of H-pyrrole nitrogens is 1. The number of aromatic amines is 1. The summed E-state index contributed by atoms with van der Waals surface area (Å²) < 4.78 is 0. The van der Waals surface area contributed by atoms with Crippen LogP contribution in [0.5, 0.6) is 0 Å². The van der Waals surface area contributed by atoms with Crippen LogP contribution in [0.3, 0.4) is 0 Å². The fourth-order valence-electron chi connectivity index (χ4n) is 2.00. The first kappa shape index (κ1) is 17.2. The average Bonchev–Trinajstić information content (AvgIpc) is 2.81. The third-order valence-electron chi connectivity index (χ3n) is 2.94. The molecule has 5 nitrogen and oxygen atoms in total. The molecular formula is C11H20Cl2N4O. The Bertz CT molecular complexity index is 326. The lowest BCUT2D eigenvalue weighted by atomic mass is 9.94. The molecule has 1 fully saturated rings. The SMILES string of the molecule is Cl.Cl.O=C(CC1CCNCC1)NCc1ncc[nH]1. The topological polar surface area (TPSA) is 69.8 Å². The molecule has 0 saturated carbocycles. The van der Waals surface area contributed by atoms with Gasteiger partial charge in [0.15, 0.2) is 0 Å². The fraction of sp³-hybridized carbons (Fsp3) is 0.636. The predicted octanol–water partition coefficient (Wildman–Crippen LogP) is 1.26. The van der Waals surface area contributed by atoms with Gasteiger partial charge >= 0.3 is 0 Å². The van der Waals surface area contributed by atoms with Gasteiger partial charge in [0.1, 0.15) is 5.82 Å². The minimum Gasteiger partial charge on any atom is -0.349 e. The second-order valence-electron chi connectivity index (χ2n) is 4.21. The zero-order valence-electron chi connectivity index (χ0n) is 10.1. The van der Waals surface area contributed by atoms with E-state index in [-0.39, 0.29) is 30.7 Å². The smallest absolute Gasteiger partial charge is 0.220 e. The number of nitrogens with zero attached hydrogens (tertiary/aromatic N) is 1. The Morgan fingerprint density at radius 2 is 2.11 bits per heavy atom. The first-order chi connectivity index (χ1) is 7.84. The summed E-state index contributed by atoms with van der Waals surface area (Å²) in [4.78, 5) is 18.6. The monoisotopic (exact) mass is 294 g/mol. The minimum absolute atomic E-state index is 0. The summed E-state index contributed by atoms with van der Waals surface area (Å²) in [6.45, 7) is 2.57. The van der Waals surface area contributed by atoms with Crippen LogP contribution < -0.4 is 10.6 Å². The molecule has 0 radical (unpaired) electrons. The largest absolute Gasteiger partial charge is 0.349 e. The molecule has 0 unspecified atom stereocenters. The van der Waals surface area contributed by atoms with Crippen LogP contribution in [0.15, 0.2) is 12.4 Å². The normalized spacial score (nSPS) is 15.3. The van der Waals surface area contributed by atoms with Crippen molar-refractivity contribution in [1.82, 2.24) is 20.6 Å². The summed E-state index contributed by atoms with van der Waals surface area (Å²) in [6, 6.07) is 0. The summed E-state index contributed by atoms with van der Waals surface area (Å²) in [5.74, 6) is 1.47. The zero-order chi connectivity index (χ0) is 11.2. The van der Waals surface area contributed by atoms with Gasteiger partial charge in [-0.05, 0) is 31.8 Å². The highest BCUT2D eigenvalue weighted by Crippen LogP contribution is 2.15. The Morgan fingerprint density at radius 3 is 2.72 bits per heavy atom. The third-order valence-corrected chi connectivity index (χ3v) is 2.94. The van der Waals surface area contributed by atoms with Gasteiger partial charge in [-0.15, -0.1) is 24.8 Å². The minimum atomic E-state index is 0. The van der Waals surface area contributed by atoms with Gasteiger partial charge in [-0.3, -0.25) is 4.79 Å². The van der Waals surface area contributed by atoms with Gasteiger partial charge in [0.2, 0.25) is 5.91 Å². The maximum atomic E-state index is 11.6. The van der Waals surface area contributed by atoms with Gasteiger partial charge in [0.05, 0.1) is 6.54 Å². The summed E-state index contributed by atoms with van der Waals surface area (Å²) in [7, 11) is 0. The van der Waals surface area contributed by atoms with Crippen molar-refractivity contribution in [2.75, 3.05) is 13.1 Å². The van der Waals surface area contributed by atoms with Crippen molar-refractivity contribution in [3.8, 4) is 0 Å². The summed E-state index contributed by atoms with van der Waals surface area (Å²) in [5, 5.41) is 6.17. The van der Waals surface area contributed by atoms with Crippen molar-refractivity contribution in [2.24, 2.45) is 5.92 Å². The van der Waals surface area contributed by atoms with E-state index in [9.17, 15) is 4.79 Å². The Balaban J connectivity index is 0.00000144. The number of carbonyl (C=O) groups is 1. The molecule has 7 heteroatoms. The van der Waals surface area contributed by atoms with Gasteiger partial charge < -0.3 is 15.6 Å². The first-order valence-corrected chi connectivity index (χ1v) is 5.80. The zero-order valence-corrected chi connectivity index (χ0v) is 11.8. The molecule has 0 aromatic carbocycles. The van der Waals surface area contributed by atoms with Crippen molar-refractivity contribution in [3.63, 3.8) is 0 Å². The fourth-order valence-corrected chi connectivity index (χ4v) is 2.00. The maximum absolute atomic E-state index is 11.6. The van der Waals surface area contributed by atoms with E-state index in [0.717, 1.165) is 31.8 Å². The number of imidazole rings is 1. The highest BCUT2D eigenvalue weighted by molar-refractivity contribution is 5.85. The predicted molar refractivity (Wildman–Crippen MR) is 75.1 cm³/mol. The lowest BCUT2D eigenvalue weighted by Crippen LogP contribution is -2.32. The van der Waals surface area contributed by atoms with Crippen LogP contribution in [0.4, 0.5) is 0 Å². The first-order valence-electron chi connectivity index (χ1n) is 5.80. The number of aromatic nitrogens is 2. The van der Waals surface area contributed by atoms with Gasteiger partial charge in [0, 0.05) is 18.8 Å². The van der Waals surface area contributed by atoms with Crippen molar-refractivity contribution < 1.29 is 4.79 Å². The number of halogens is 2. The van der Waals surface area contributed by atoms with Crippen LogP contribution in [-0.4, -0.2) is 29.0 Å². The molecule has 1 amide bonds. The lowest BCUT2D eigenvalue weighted by molar-refractivity contribution is -0.122. The third kappa shape index (κ3) is 5.71. The van der Waals surface area contributed by atoms with Crippen molar-refractivity contribution in [1.29, 1.82) is 0 Å². The molecule has 1 saturated heterocycles. The van der Waals surface area contributed by atoms with E-state index in [0.29, 0.717) is 18.9 Å². The molecule has 2 heterocycles. The highest BCUT2D eigenvalue weighted by atomic mass is 35.5. The van der Waals surface area contributed by atoms with Crippen molar-refractivity contribution in [3.05, 3.63) is 18.2 Å². The molecule has 1 aromatic rings. The van der Waals surface area contributed by atoms with E-state index >= 15 is 0 Å². The van der Waals surface area contributed by atoms with Crippen LogP contribution in [0, 0.1) is 5.92 Å². The number of piperidine rings is 1. The molecule has 0 atom stereocenters. The van der Waals surface area contributed by atoms with E-state index in [2.05, 4.69) is 20.6 Å². The van der Waals surface area contributed by atoms with E-state index < -0.39 is 0 Å². The molecule has 18 heavy (non-hydrogen) atoms. The second kappa shape index (κ2) is 9.19. The van der Waals surface area contributed by atoms with Gasteiger partial charge in [-0.2, -0.15) is 0 Å². The average molecular weight is 295 g/mol. The molecule has 2 rings (SSSR count). The molecule has 1 aliphatic rings. The molecule has 1 aliphatic heterocycles. The van der Waals surface area contributed by atoms with E-state index in [4.69, 9.17) is 0 Å². The molecule has 3 N–H and O–H groups in total. The second-order valence-corrected chi connectivity index (χ2v) is 4.21. The molecule has 104 valence electrons. The molecule has 0 spiro atoms. The number of hydrogen-bond acceptors (Lipinski definition) is 3. The van der Waals surface area contributed by atoms with E-state index in [1.165, 1.54) is 0 Å². The molecular weight excluding hydrogens is 275 g/mol. The van der Waals surface area contributed by atoms with Gasteiger partial charge in [-0.1, -0.05) is 0 Å². The number of carbonyl (C=O) groups excluding carboxylic acids is 1.